The first-order valence-corrected chi connectivity index (χ1v) is 9.40. The van der Waals surface area contributed by atoms with E-state index in [9.17, 15) is 9.90 Å². The fourth-order valence-electron chi connectivity index (χ4n) is 3.72. The molecule has 0 fully saturated rings. The number of aliphatic carboxylic acids is 1. The van der Waals surface area contributed by atoms with Gasteiger partial charge in [0, 0.05) is 5.56 Å². The zero-order valence-corrected chi connectivity index (χ0v) is 15.7. The summed E-state index contributed by atoms with van der Waals surface area (Å²) in [5.41, 5.74) is 4.27. The average molecular weight is 374 g/mol. The molecule has 3 aromatic carbocycles. The fourth-order valence-corrected chi connectivity index (χ4v) is 3.72. The lowest BCUT2D eigenvalue weighted by Crippen LogP contribution is -2.22. The molecule has 0 amide bonds. The van der Waals surface area contributed by atoms with Gasteiger partial charge >= 0.3 is 5.97 Å². The van der Waals surface area contributed by atoms with E-state index in [1.54, 1.807) is 7.11 Å². The molecule has 0 saturated carbocycles. The van der Waals surface area contributed by atoms with E-state index in [4.69, 9.17) is 9.47 Å². The van der Waals surface area contributed by atoms with Crippen molar-refractivity contribution in [1.82, 2.24) is 0 Å². The second-order valence-electron chi connectivity index (χ2n) is 7.04. The molecule has 1 atom stereocenters. The lowest BCUT2D eigenvalue weighted by Gasteiger charge is -2.22. The predicted octanol–water partition coefficient (Wildman–Crippen LogP) is 5.34. The van der Waals surface area contributed by atoms with Crippen molar-refractivity contribution in [3.8, 4) is 28.4 Å². The topological polar surface area (TPSA) is 55.8 Å². The Labute approximate surface area is 164 Å². The Kier molecular flexibility index (Phi) is 5.02. The van der Waals surface area contributed by atoms with Crippen molar-refractivity contribution in [2.45, 2.75) is 19.3 Å². The van der Waals surface area contributed by atoms with Gasteiger partial charge in [0.1, 0.15) is 17.2 Å². The molecular formula is C24H22O4. The molecule has 4 heteroatoms. The number of hydrogen-bond donors (Lipinski definition) is 1. The van der Waals surface area contributed by atoms with Gasteiger partial charge in [0.05, 0.1) is 13.0 Å². The molecule has 1 aliphatic carbocycles. The Balaban J connectivity index is 1.64. The van der Waals surface area contributed by atoms with Crippen LogP contribution in [0.15, 0.2) is 66.7 Å². The van der Waals surface area contributed by atoms with E-state index in [-0.39, 0.29) is 5.92 Å². The lowest BCUT2D eigenvalue weighted by molar-refractivity contribution is -0.142. The smallest absolute Gasteiger partial charge is 0.306 e. The number of rotatable bonds is 5. The maximum atomic E-state index is 11.4. The largest absolute Gasteiger partial charge is 0.497 e. The van der Waals surface area contributed by atoms with Crippen LogP contribution in [0.5, 0.6) is 17.2 Å². The SMILES string of the molecule is COc1cccc(-c2ccccc2Oc2ccc3c(c2)CC(C(=O)O)CC3)c1. The van der Waals surface area contributed by atoms with Gasteiger partial charge in [-0.3, -0.25) is 4.79 Å². The van der Waals surface area contributed by atoms with Crippen LogP contribution in [-0.2, 0) is 17.6 Å². The second-order valence-corrected chi connectivity index (χ2v) is 7.04. The van der Waals surface area contributed by atoms with Crippen molar-refractivity contribution in [2.75, 3.05) is 7.11 Å². The lowest BCUT2D eigenvalue weighted by atomic mass is 9.84. The van der Waals surface area contributed by atoms with Crippen LogP contribution in [0, 0.1) is 5.92 Å². The maximum absolute atomic E-state index is 11.4. The Morgan fingerprint density at radius 2 is 1.82 bits per heavy atom. The molecule has 4 rings (SSSR count). The van der Waals surface area contributed by atoms with Gasteiger partial charge in [0.2, 0.25) is 0 Å². The zero-order valence-electron chi connectivity index (χ0n) is 15.7. The van der Waals surface area contributed by atoms with Crippen LogP contribution in [0.2, 0.25) is 0 Å². The quantitative estimate of drug-likeness (QED) is 0.655. The maximum Gasteiger partial charge on any atom is 0.306 e. The Morgan fingerprint density at radius 3 is 2.64 bits per heavy atom. The van der Waals surface area contributed by atoms with E-state index in [0.29, 0.717) is 12.8 Å². The Hall–Kier alpha value is -3.27. The minimum atomic E-state index is -0.722. The van der Waals surface area contributed by atoms with E-state index in [1.807, 2.05) is 60.7 Å². The number of para-hydroxylation sites is 1. The molecule has 4 nitrogen and oxygen atoms in total. The van der Waals surface area contributed by atoms with Crippen molar-refractivity contribution in [3.05, 3.63) is 77.9 Å². The molecule has 0 bridgehead atoms. The number of carbonyl (C=O) groups is 1. The summed E-state index contributed by atoms with van der Waals surface area (Å²) in [5.74, 6) is 1.23. The monoisotopic (exact) mass is 374 g/mol. The van der Waals surface area contributed by atoms with Gasteiger partial charge < -0.3 is 14.6 Å². The predicted molar refractivity (Wildman–Crippen MR) is 108 cm³/mol. The van der Waals surface area contributed by atoms with E-state index in [1.165, 1.54) is 5.56 Å². The summed E-state index contributed by atoms with van der Waals surface area (Å²) in [4.78, 5) is 11.4. The summed E-state index contributed by atoms with van der Waals surface area (Å²) < 4.78 is 11.5. The molecule has 0 radical (unpaired) electrons. The van der Waals surface area contributed by atoms with E-state index in [2.05, 4.69) is 6.07 Å². The molecule has 3 aromatic rings. The van der Waals surface area contributed by atoms with Crippen LogP contribution in [0.25, 0.3) is 11.1 Å². The number of benzene rings is 3. The first-order chi connectivity index (χ1) is 13.6. The highest BCUT2D eigenvalue weighted by Crippen LogP contribution is 2.36. The van der Waals surface area contributed by atoms with E-state index < -0.39 is 5.97 Å². The summed E-state index contributed by atoms with van der Waals surface area (Å²) in [6, 6.07) is 21.7. The molecule has 1 N–H and O–H groups in total. The van der Waals surface area contributed by atoms with Crippen molar-refractivity contribution in [1.29, 1.82) is 0 Å². The summed E-state index contributed by atoms with van der Waals surface area (Å²) >= 11 is 0. The van der Waals surface area contributed by atoms with Crippen molar-refractivity contribution >= 4 is 5.97 Å². The second kappa shape index (κ2) is 7.77. The molecule has 0 heterocycles. The van der Waals surface area contributed by atoms with Gasteiger partial charge in [0.25, 0.3) is 0 Å². The molecule has 28 heavy (non-hydrogen) atoms. The third kappa shape index (κ3) is 3.72. The van der Waals surface area contributed by atoms with E-state index in [0.717, 1.165) is 40.4 Å². The van der Waals surface area contributed by atoms with Crippen LogP contribution in [0.3, 0.4) is 0 Å². The van der Waals surface area contributed by atoms with Gasteiger partial charge in [-0.25, -0.2) is 0 Å². The zero-order chi connectivity index (χ0) is 19.5. The van der Waals surface area contributed by atoms with Gasteiger partial charge in [-0.1, -0.05) is 36.4 Å². The van der Waals surface area contributed by atoms with Crippen molar-refractivity contribution < 1.29 is 19.4 Å². The Morgan fingerprint density at radius 1 is 0.964 bits per heavy atom. The highest BCUT2D eigenvalue weighted by atomic mass is 16.5. The van der Waals surface area contributed by atoms with Crippen LogP contribution in [0.1, 0.15) is 17.5 Å². The van der Waals surface area contributed by atoms with Crippen LogP contribution < -0.4 is 9.47 Å². The summed E-state index contributed by atoms with van der Waals surface area (Å²) in [7, 11) is 1.65. The summed E-state index contributed by atoms with van der Waals surface area (Å²) in [6.45, 7) is 0. The minimum absolute atomic E-state index is 0.313. The third-order valence-corrected chi connectivity index (χ3v) is 5.25. The van der Waals surface area contributed by atoms with Gasteiger partial charge in [0.15, 0.2) is 0 Å². The first-order valence-electron chi connectivity index (χ1n) is 9.40. The highest BCUT2D eigenvalue weighted by Gasteiger charge is 2.24. The van der Waals surface area contributed by atoms with Gasteiger partial charge in [-0.05, 0) is 66.3 Å². The number of aryl methyl sites for hydroxylation is 1. The van der Waals surface area contributed by atoms with Gasteiger partial charge in [-0.15, -0.1) is 0 Å². The van der Waals surface area contributed by atoms with Crippen LogP contribution >= 0.6 is 0 Å². The van der Waals surface area contributed by atoms with Crippen LogP contribution in [0.4, 0.5) is 0 Å². The summed E-state index contributed by atoms with van der Waals surface area (Å²) in [5, 5.41) is 9.33. The minimum Gasteiger partial charge on any atom is -0.497 e. The summed E-state index contributed by atoms with van der Waals surface area (Å²) in [6.07, 6.45) is 2.05. The number of ether oxygens (including phenoxy) is 2. The third-order valence-electron chi connectivity index (χ3n) is 5.25. The molecular weight excluding hydrogens is 352 g/mol. The Bertz CT molecular complexity index is 1010. The number of carboxylic acid groups (broad SMARTS) is 1. The van der Waals surface area contributed by atoms with E-state index >= 15 is 0 Å². The number of methoxy groups -OCH3 is 1. The highest BCUT2D eigenvalue weighted by molar-refractivity contribution is 5.72. The van der Waals surface area contributed by atoms with Crippen molar-refractivity contribution in [2.24, 2.45) is 5.92 Å². The van der Waals surface area contributed by atoms with Crippen molar-refractivity contribution in [3.63, 3.8) is 0 Å². The molecule has 0 saturated heterocycles. The number of carboxylic acids is 1. The normalized spacial score (nSPS) is 15.5. The average Bonchev–Trinajstić information content (AvgIpc) is 2.73. The molecule has 0 spiro atoms. The molecule has 0 aromatic heterocycles. The molecule has 0 aliphatic heterocycles. The molecule has 142 valence electrons. The van der Waals surface area contributed by atoms with Crippen LogP contribution in [-0.4, -0.2) is 18.2 Å². The molecule has 1 aliphatic rings. The number of hydrogen-bond acceptors (Lipinski definition) is 3. The standard InChI is InChI=1S/C24H22O4/c1-27-20-6-4-5-17(14-20)22-7-2-3-8-23(22)28-21-12-11-16-9-10-18(24(25)26)13-19(16)15-21/h2-8,11-12,14-15,18H,9-10,13H2,1H3,(H,25,26). The number of fused-ring (bicyclic) bond motifs is 1. The fraction of sp³-hybridized carbons (Fsp3) is 0.208. The first kappa shape index (κ1) is 18.1. The van der Waals surface area contributed by atoms with Gasteiger partial charge in [-0.2, -0.15) is 0 Å². The molecule has 1 unspecified atom stereocenters.